The van der Waals surface area contributed by atoms with E-state index in [1.807, 2.05) is 30.0 Å². The zero-order chi connectivity index (χ0) is 14.4. The van der Waals surface area contributed by atoms with Crippen molar-refractivity contribution in [3.05, 3.63) is 28.8 Å². The molecule has 1 fully saturated rings. The molecule has 1 heterocycles. The van der Waals surface area contributed by atoms with E-state index in [-0.39, 0.29) is 5.91 Å². The molecular weight excluding hydrogens is 276 g/mol. The van der Waals surface area contributed by atoms with Crippen LogP contribution in [0.2, 0.25) is 5.02 Å². The Morgan fingerprint density at radius 3 is 2.80 bits per heavy atom. The molecule has 0 spiro atoms. The quantitative estimate of drug-likeness (QED) is 0.905. The number of rotatable bonds is 5. The first kappa shape index (κ1) is 15.1. The summed E-state index contributed by atoms with van der Waals surface area (Å²) in [5, 5.41) is 3.85. The summed E-state index contributed by atoms with van der Waals surface area (Å²) in [4.78, 5) is 14.0. The van der Waals surface area contributed by atoms with Gasteiger partial charge in [-0.25, -0.2) is 0 Å². The van der Waals surface area contributed by atoms with Gasteiger partial charge in [-0.3, -0.25) is 4.79 Å². The molecule has 0 bridgehead atoms. The van der Waals surface area contributed by atoms with Gasteiger partial charge in [0.1, 0.15) is 5.75 Å². The smallest absolute Gasteiger partial charge is 0.222 e. The summed E-state index contributed by atoms with van der Waals surface area (Å²) in [5.74, 6) is 0.919. The average molecular weight is 297 g/mol. The molecule has 1 N–H and O–H groups in total. The highest BCUT2D eigenvalue weighted by Gasteiger charge is 2.15. The standard InChI is InChI=1S/C15H21ClN2O2/c1-2-20-14-5-3-12(11-13(14)16)4-6-15(19)18-9-7-17-8-10-18/h3,5,11,17H,2,4,6-10H2,1H3. The van der Waals surface area contributed by atoms with Crippen LogP contribution in [0.1, 0.15) is 18.9 Å². The Morgan fingerprint density at radius 1 is 1.40 bits per heavy atom. The minimum Gasteiger partial charge on any atom is -0.492 e. The Balaban J connectivity index is 1.87. The molecule has 0 aliphatic carbocycles. The Morgan fingerprint density at radius 2 is 2.15 bits per heavy atom. The van der Waals surface area contributed by atoms with E-state index >= 15 is 0 Å². The van der Waals surface area contributed by atoms with E-state index in [9.17, 15) is 4.79 Å². The summed E-state index contributed by atoms with van der Waals surface area (Å²) in [7, 11) is 0. The van der Waals surface area contributed by atoms with Crippen LogP contribution in [0.4, 0.5) is 0 Å². The van der Waals surface area contributed by atoms with E-state index in [0.29, 0.717) is 23.8 Å². The van der Waals surface area contributed by atoms with E-state index in [1.165, 1.54) is 0 Å². The zero-order valence-electron chi connectivity index (χ0n) is 11.8. The maximum Gasteiger partial charge on any atom is 0.222 e. The van der Waals surface area contributed by atoms with Crippen molar-refractivity contribution in [1.82, 2.24) is 10.2 Å². The summed E-state index contributed by atoms with van der Waals surface area (Å²) < 4.78 is 5.40. The maximum atomic E-state index is 12.1. The van der Waals surface area contributed by atoms with Crippen molar-refractivity contribution in [2.24, 2.45) is 0 Å². The van der Waals surface area contributed by atoms with Gasteiger partial charge in [0, 0.05) is 32.6 Å². The molecule has 4 nitrogen and oxygen atoms in total. The fourth-order valence-corrected chi connectivity index (χ4v) is 2.55. The number of hydrogen-bond acceptors (Lipinski definition) is 3. The molecule has 1 aromatic rings. The van der Waals surface area contributed by atoms with Crippen molar-refractivity contribution < 1.29 is 9.53 Å². The van der Waals surface area contributed by atoms with Gasteiger partial charge in [0.15, 0.2) is 0 Å². The molecule has 1 aromatic carbocycles. The lowest BCUT2D eigenvalue weighted by Crippen LogP contribution is -2.46. The summed E-state index contributed by atoms with van der Waals surface area (Å²) >= 11 is 6.14. The van der Waals surface area contributed by atoms with Crippen LogP contribution in [0, 0.1) is 0 Å². The molecule has 1 amide bonds. The van der Waals surface area contributed by atoms with Crippen LogP contribution in [-0.4, -0.2) is 43.6 Å². The van der Waals surface area contributed by atoms with Crippen LogP contribution in [-0.2, 0) is 11.2 Å². The second-order valence-corrected chi connectivity index (χ2v) is 5.24. The number of carbonyl (C=O) groups excluding carboxylic acids is 1. The first-order valence-electron chi connectivity index (χ1n) is 7.10. The van der Waals surface area contributed by atoms with Crippen LogP contribution in [0.3, 0.4) is 0 Å². The van der Waals surface area contributed by atoms with Gasteiger partial charge in [-0.15, -0.1) is 0 Å². The van der Waals surface area contributed by atoms with Crippen LogP contribution in [0.25, 0.3) is 0 Å². The monoisotopic (exact) mass is 296 g/mol. The zero-order valence-corrected chi connectivity index (χ0v) is 12.6. The second-order valence-electron chi connectivity index (χ2n) is 4.83. The summed E-state index contributed by atoms with van der Waals surface area (Å²) in [5.41, 5.74) is 1.07. The largest absolute Gasteiger partial charge is 0.492 e. The van der Waals surface area contributed by atoms with E-state index in [4.69, 9.17) is 16.3 Å². The molecule has 0 saturated carbocycles. The number of hydrogen-bond donors (Lipinski definition) is 1. The number of aryl methyl sites for hydroxylation is 1. The molecule has 2 rings (SSSR count). The Labute approximate surface area is 125 Å². The van der Waals surface area contributed by atoms with Crippen LogP contribution >= 0.6 is 11.6 Å². The molecule has 110 valence electrons. The number of amides is 1. The number of halogens is 1. The summed E-state index contributed by atoms with van der Waals surface area (Å²) in [6.45, 7) is 5.92. The van der Waals surface area contributed by atoms with Gasteiger partial charge in [0.05, 0.1) is 11.6 Å². The van der Waals surface area contributed by atoms with Crippen molar-refractivity contribution in [2.45, 2.75) is 19.8 Å². The first-order valence-corrected chi connectivity index (χ1v) is 7.48. The number of carbonyl (C=O) groups is 1. The first-order chi connectivity index (χ1) is 9.70. The average Bonchev–Trinajstić information content (AvgIpc) is 2.48. The molecule has 0 unspecified atom stereocenters. The lowest BCUT2D eigenvalue weighted by atomic mass is 10.1. The molecular formula is C15H21ClN2O2. The SMILES string of the molecule is CCOc1ccc(CCC(=O)N2CCNCC2)cc1Cl. The Bertz CT molecular complexity index is 459. The highest BCUT2D eigenvalue weighted by Crippen LogP contribution is 2.26. The van der Waals surface area contributed by atoms with E-state index < -0.39 is 0 Å². The molecule has 1 aliphatic rings. The number of benzene rings is 1. The highest BCUT2D eigenvalue weighted by atomic mass is 35.5. The van der Waals surface area contributed by atoms with E-state index in [2.05, 4.69) is 5.32 Å². The Kier molecular flexibility index (Phi) is 5.68. The molecule has 0 atom stereocenters. The predicted octanol–water partition coefficient (Wildman–Crippen LogP) is 2.10. The minimum absolute atomic E-state index is 0.219. The number of nitrogens with one attached hydrogen (secondary N) is 1. The third kappa shape index (κ3) is 4.12. The van der Waals surface area contributed by atoms with Crippen molar-refractivity contribution in [3.8, 4) is 5.75 Å². The molecule has 5 heteroatoms. The van der Waals surface area contributed by atoms with Gasteiger partial charge in [-0.2, -0.15) is 0 Å². The maximum absolute atomic E-state index is 12.1. The molecule has 0 aromatic heterocycles. The summed E-state index contributed by atoms with van der Waals surface area (Å²) in [6, 6.07) is 5.73. The molecule has 1 aliphatic heterocycles. The number of piperazine rings is 1. The topological polar surface area (TPSA) is 41.6 Å². The van der Waals surface area contributed by atoms with Crippen molar-refractivity contribution in [1.29, 1.82) is 0 Å². The second kappa shape index (κ2) is 7.50. The van der Waals surface area contributed by atoms with E-state index in [1.54, 1.807) is 0 Å². The van der Waals surface area contributed by atoms with Crippen molar-refractivity contribution in [2.75, 3.05) is 32.8 Å². The van der Waals surface area contributed by atoms with Crippen LogP contribution in [0.15, 0.2) is 18.2 Å². The van der Waals surface area contributed by atoms with Gasteiger partial charge in [-0.05, 0) is 31.0 Å². The molecule has 0 radical (unpaired) electrons. The minimum atomic E-state index is 0.219. The van der Waals surface area contributed by atoms with Gasteiger partial charge in [-0.1, -0.05) is 17.7 Å². The fourth-order valence-electron chi connectivity index (χ4n) is 2.30. The van der Waals surface area contributed by atoms with Gasteiger partial charge in [0.2, 0.25) is 5.91 Å². The lowest BCUT2D eigenvalue weighted by molar-refractivity contribution is -0.131. The van der Waals surface area contributed by atoms with Crippen LogP contribution < -0.4 is 10.1 Å². The van der Waals surface area contributed by atoms with Gasteiger partial charge in [0.25, 0.3) is 0 Å². The van der Waals surface area contributed by atoms with Crippen molar-refractivity contribution in [3.63, 3.8) is 0 Å². The Hall–Kier alpha value is -1.26. The number of ether oxygens (including phenoxy) is 1. The lowest BCUT2D eigenvalue weighted by Gasteiger charge is -2.27. The van der Waals surface area contributed by atoms with Gasteiger partial charge < -0.3 is 15.0 Å². The summed E-state index contributed by atoms with van der Waals surface area (Å²) in [6.07, 6.45) is 1.25. The third-order valence-electron chi connectivity index (χ3n) is 3.39. The third-order valence-corrected chi connectivity index (χ3v) is 3.69. The fraction of sp³-hybridized carbons (Fsp3) is 0.533. The number of nitrogens with zero attached hydrogens (tertiary/aromatic N) is 1. The van der Waals surface area contributed by atoms with E-state index in [0.717, 1.165) is 38.2 Å². The van der Waals surface area contributed by atoms with Gasteiger partial charge >= 0.3 is 0 Å². The highest BCUT2D eigenvalue weighted by molar-refractivity contribution is 6.32. The van der Waals surface area contributed by atoms with Crippen molar-refractivity contribution >= 4 is 17.5 Å². The predicted molar refractivity (Wildman–Crippen MR) is 80.4 cm³/mol. The molecule has 1 saturated heterocycles. The molecule has 20 heavy (non-hydrogen) atoms. The van der Waals surface area contributed by atoms with Crippen LogP contribution in [0.5, 0.6) is 5.75 Å². The normalized spacial score (nSPS) is 15.2.